The van der Waals surface area contributed by atoms with E-state index in [1.807, 2.05) is 62.4 Å². The fraction of sp³-hybridized carbons (Fsp3) is 0.135. The van der Waals surface area contributed by atoms with Gasteiger partial charge in [0.2, 0.25) is 0 Å². The van der Waals surface area contributed by atoms with Crippen molar-refractivity contribution in [3.8, 4) is 22.3 Å². The van der Waals surface area contributed by atoms with E-state index in [-0.39, 0.29) is 0 Å². The van der Waals surface area contributed by atoms with E-state index < -0.39 is 0 Å². The third-order valence-corrected chi connectivity index (χ3v) is 9.44. The fourth-order valence-corrected chi connectivity index (χ4v) is 6.50. The summed E-state index contributed by atoms with van der Waals surface area (Å²) in [5.74, 6) is 0.569. The molecule has 0 aliphatic carbocycles. The summed E-state index contributed by atoms with van der Waals surface area (Å²) in [7, 11) is 1.69. The van der Waals surface area contributed by atoms with Crippen molar-refractivity contribution in [2.24, 2.45) is 16.5 Å². The van der Waals surface area contributed by atoms with Gasteiger partial charge in [-0.05, 0) is 87.3 Å². The van der Waals surface area contributed by atoms with Crippen LogP contribution in [0.5, 0.6) is 0 Å². The number of allylic oxidation sites excluding steroid dienone is 3. The average molecular weight is 736 g/mol. The van der Waals surface area contributed by atoms with E-state index in [2.05, 4.69) is 147 Å². The third kappa shape index (κ3) is 9.97. The Morgan fingerprint density at radius 2 is 1.25 bits per heavy atom. The van der Waals surface area contributed by atoms with Crippen LogP contribution < -0.4 is 11.5 Å². The maximum atomic E-state index is 6.00. The zero-order chi connectivity index (χ0) is 39.9. The van der Waals surface area contributed by atoms with Gasteiger partial charge in [-0.15, -0.1) is 0 Å². The molecule has 282 valence electrons. The lowest BCUT2D eigenvalue weighted by molar-refractivity contribution is 0.668. The molecule has 8 aromatic rings. The van der Waals surface area contributed by atoms with Crippen molar-refractivity contribution < 1.29 is 4.42 Å². The summed E-state index contributed by atoms with van der Waals surface area (Å²) in [6.45, 7) is 12.6. The van der Waals surface area contributed by atoms with Crippen LogP contribution in [0.25, 0.3) is 60.5 Å². The Bertz CT molecular complexity index is 2540. The minimum absolute atomic E-state index is 0.506. The van der Waals surface area contributed by atoms with E-state index in [9.17, 15) is 0 Å². The number of rotatable bonds is 7. The highest BCUT2D eigenvalue weighted by Crippen LogP contribution is 2.35. The number of hydrogen-bond donors (Lipinski definition) is 2. The van der Waals surface area contributed by atoms with Crippen LogP contribution in [0.1, 0.15) is 49.4 Å². The molecule has 0 saturated carbocycles. The van der Waals surface area contributed by atoms with Gasteiger partial charge in [0.25, 0.3) is 0 Å². The van der Waals surface area contributed by atoms with Gasteiger partial charge in [0.1, 0.15) is 17.0 Å². The molecule has 1 aromatic heterocycles. The summed E-state index contributed by atoms with van der Waals surface area (Å²) in [5.41, 5.74) is 24.1. The molecule has 1 heterocycles. The monoisotopic (exact) mass is 735 g/mol. The van der Waals surface area contributed by atoms with Crippen molar-refractivity contribution in [3.05, 3.63) is 199 Å². The van der Waals surface area contributed by atoms with Gasteiger partial charge in [0.15, 0.2) is 0 Å². The van der Waals surface area contributed by atoms with E-state index in [1.165, 1.54) is 49.7 Å². The van der Waals surface area contributed by atoms with E-state index in [0.29, 0.717) is 12.4 Å². The van der Waals surface area contributed by atoms with Crippen LogP contribution in [-0.2, 0) is 6.54 Å². The number of benzene rings is 7. The molecule has 0 bridgehead atoms. The molecule has 8 rings (SSSR count). The molecule has 0 saturated heterocycles. The van der Waals surface area contributed by atoms with Gasteiger partial charge in [-0.25, -0.2) is 0 Å². The molecule has 0 amide bonds. The Morgan fingerprint density at radius 1 is 0.643 bits per heavy atom. The maximum Gasteiger partial charge on any atom is 0.135 e. The quantitative estimate of drug-likeness (QED) is 0.0972. The Morgan fingerprint density at radius 3 is 1.91 bits per heavy atom. The number of aliphatic imine (C=N–C) groups is 1. The van der Waals surface area contributed by atoms with E-state index in [4.69, 9.17) is 15.9 Å². The fourth-order valence-electron chi connectivity index (χ4n) is 6.50. The zero-order valence-electron chi connectivity index (χ0n) is 33.3. The Labute approximate surface area is 332 Å². The highest BCUT2D eigenvalue weighted by Gasteiger charge is 2.12. The molecule has 7 aromatic carbocycles. The predicted molar refractivity (Wildman–Crippen MR) is 244 cm³/mol. The lowest BCUT2D eigenvalue weighted by atomic mass is 9.99. The van der Waals surface area contributed by atoms with Gasteiger partial charge < -0.3 is 15.9 Å². The summed E-state index contributed by atoms with van der Waals surface area (Å²) >= 11 is 0. The molecule has 0 radical (unpaired) electrons. The first-order valence-corrected chi connectivity index (χ1v) is 19.3. The highest BCUT2D eigenvalue weighted by molar-refractivity contribution is 6.08. The maximum absolute atomic E-state index is 6.00. The number of nitrogens with zero attached hydrogens (tertiary/aromatic N) is 1. The number of aryl methyl sites for hydroxylation is 1. The largest absolute Gasteiger partial charge is 0.456 e. The smallest absolute Gasteiger partial charge is 0.135 e. The van der Waals surface area contributed by atoms with Crippen LogP contribution in [0.15, 0.2) is 186 Å². The van der Waals surface area contributed by atoms with Crippen LogP contribution in [0.3, 0.4) is 0 Å². The van der Waals surface area contributed by atoms with Crippen LogP contribution in [0.4, 0.5) is 0 Å². The van der Waals surface area contributed by atoms with Crippen LogP contribution in [0, 0.1) is 6.92 Å². The Hall–Kier alpha value is -6.49. The first kappa shape index (κ1) is 40.7. The molecule has 0 fully saturated rings. The summed E-state index contributed by atoms with van der Waals surface area (Å²) < 4.78 is 6.00. The topological polar surface area (TPSA) is 77.5 Å². The molecule has 56 heavy (non-hydrogen) atoms. The minimum Gasteiger partial charge on any atom is -0.456 e. The van der Waals surface area contributed by atoms with Gasteiger partial charge >= 0.3 is 0 Å². The van der Waals surface area contributed by atoms with Crippen molar-refractivity contribution in [1.29, 1.82) is 0 Å². The second kappa shape index (κ2) is 20.3. The van der Waals surface area contributed by atoms with Crippen molar-refractivity contribution in [2.75, 3.05) is 7.05 Å². The predicted octanol–water partition coefficient (Wildman–Crippen LogP) is 13.6. The second-order valence-corrected chi connectivity index (χ2v) is 13.1. The number of amidine groups is 1. The van der Waals surface area contributed by atoms with Crippen LogP contribution in [0.2, 0.25) is 0 Å². The molecule has 4 N–H and O–H groups in total. The molecule has 0 unspecified atom stereocenters. The highest BCUT2D eigenvalue weighted by atomic mass is 16.3. The van der Waals surface area contributed by atoms with Gasteiger partial charge in [-0.2, -0.15) is 0 Å². The standard InChI is InChI=1S/C23H17NO.C14H14N2.C13H16.C2H6/c24-14-19-6-3-7-22-23(19)20-13-18(10-11-21(20)25-22)17-9-8-15-4-1-2-5-16(15)12-17;1-16-14(15)13-9-7-12(8-10-13)11-5-3-2-4-6-11;1-4-6-12(5-2)13-9-7-11(3)8-10-13;1-2/h1-13H,14,24H2;2-10H,1H3,(H2,15,16);5-10H,2,4H2,1,3H3;1-2H3/b;;12-6+;. The second-order valence-electron chi connectivity index (χ2n) is 13.1. The summed E-state index contributed by atoms with van der Waals surface area (Å²) in [4.78, 5) is 3.96. The normalized spacial score (nSPS) is 11.2. The molecule has 0 aliphatic heterocycles. The molecule has 4 nitrogen and oxygen atoms in total. The first-order chi connectivity index (χ1) is 27.4. The van der Waals surface area contributed by atoms with Crippen LogP contribution in [-0.4, -0.2) is 12.9 Å². The van der Waals surface area contributed by atoms with E-state index in [1.54, 1.807) is 7.05 Å². The van der Waals surface area contributed by atoms with Gasteiger partial charge in [0.05, 0.1) is 0 Å². The lowest BCUT2D eigenvalue weighted by Crippen LogP contribution is -2.12. The minimum atomic E-state index is 0.506. The summed E-state index contributed by atoms with van der Waals surface area (Å²) in [6, 6.07) is 54.4. The van der Waals surface area contributed by atoms with Gasteiger partial charge in [-0.1, -0.05) is 179 Å². The third-order valence-electron chi connectivity index (χ3n) is 9.44. The Kier molecular flexibility index (Phi) is 14.7. The molecule has 0 spiro atoms. The molecule has 0 atom stereocenters. The summed E-state index contributed by atoms with van der Waals surface area (Å²) in [5, 5.41) is 4.76. The first-order valence-electron chi connectivity index (χ1n) is 19.3. The van der Waals surface area contributed by atoms with Crippen molar-refractivity contribution in [1.82, 2.24) is 0 Å². The number of nitrogens with two attached hydrogens (primary N) is 2. The zero-order valence-corrected chi connectivity index (χ0v) is 33.3. The molecule has 4 heteroatoms. The van der Waals surface area contributed by atoms with Crippen molar-refractivity contribution >= 4 is 44.1 Å². The molecule has 0 aliphatic rings. The van der Waals surface area contributed by atoms with Gasteiger partial charge in [0, 0.05) is 29.9 Å². The van der Waals surface area contributed by atoms with E-state index >= 15 is 0 Å². The van der Waals surface area contributed by atoms with E-state index in [0.717, 1.165) is 39.5 Å². The number of furan rings is 1. The Balaban J connectivity index is 0.000000168. The lowest BCUT2D eigenvalue weighted by Gasteiger charge is -2.05. The molecular formula is C52H53N3O. The van der Waals surface area contributed by atoms with Crippen molar-refractivity contribution in [3.63, 3.8) is 0 Å². The number of hydrogen-bond acceptors (Lipinski definition) is 3. The van der Waals surface area contributed by atoms with Crippen molar-refractivity contribution in [2.45, 2.75) is 40.7 Å². The summed E-state index contributed by atoms with van der Waals surface area (Å²) in [6.07, 6.45) is 5.15. The SMILES string of the molecule is C=C/C(=C\CC)c1ccc(C)cc1.CC.CN=C(N)c1ccc(-c2ccccc2)cc1.NCc1cccc2oc3ccc(-c4ccc5ccccc5c4)cc3c12. The average Bonchev–Trinajstić information content (AvgIpc) is 3.65. The van der Waals surface area contributed by atoms with Crippen LogP contribution >= 0.6 is 0 Å². The van der Waals surface area contributed by atoms with Gasteiger partial charge in [-0.3, -0.25) is 4.99 Å². The number of fused-ring (bicyclic) bond motifs is 4. The molecular weight excluding hydrogens is 683 g/mol.